The van der Waals surface area contributed by atoms with Crippen LogP contribution in [0.25, 0.3) is 0 Å². The zero-order valence-electron chi connectivity index (χ0n) is 14.7. The molecule has 7 heteroatoms. The van der Waals surface area contributed by atoms with Crippen molar-refractivity contribution in [2.24, 2.45) is 7.05 Å². The summed E-state index contributed by atoms with van der Waals surface area (Å²) in [5.74, 6) is -1.31. The first kappa shape index (κ1) is 17.8. The van der Waals surface area contributed by atoms with E-state index in [1.807, 2.05) is 0 Å². The van der Waals surface area contributed by atoms with Crippen molar-refractivity contribution < 1.29 is 14.4 Å². The number of nitrogens with one attached hydrogen (secondary N) is 2. The maximum absolute atomic E-state index is 12.5. The van der Waals surface area contributed by atoms with Crippen LogP contribution in [-0.2, 0) is 16.6 Å². The van der Waals surface area contributed by atoms with Crippen LogP contribution >= 0.6 is 0 Å². The molecule has 0 atom stereocenters. The minimum atomic E-state index is -0.725. The van der Waals surface area contributed by atoms with Gasteiger partial charge in [-0.15, -0.1) is 0 Å². The van der Waals surface area contributed by atoms with Gasteiger partial charge < -0.3 is 15.2 Å². The van der Waals surface area contributed by atoms with Gasteiger partial charge in [-0.25, -0.2) is 4.98 Å². The van der Waals surface area contributed by atoms with E-state index in [4.69, 9.17) is 0 Å². The lowest BCUT2D eigenvalue weighted by Gasteiger charge is -2.22. The van der Waals surface area contributed by atoms with Crippen molar-refractivity contribution in [1.82, 2.24) is 14.9 Å². The number of hydrogen-bond acceptors (Lipinski definition) is 4. The van der Waals surface area contributed by atoms with Gasteiger partial charge in [0.05, 0.1) is 0 Å². The van der Waals surface area contributed by atoms with Gasteiger partial charge in [-0.1, -0.05) is 31.4 Å². The Morgan fingerprint density at radius 1 is 1.12 bits per heavy atom. The molecule has 2 aromatic rings. The summed E-state index contributed by atoms with van der Waals surface area (Å²) in [7, 11) is 1.74. The fourth-order valence-electron chi connectivity index (χ4n) is 3.14. The number of carbonyl (C=O) groups excluding carboxylic acids is 3. The number of imidazole rings is 1. The van der Waals surface area contributed by atoms with Crippen molar-refractivity contribution in [3.8, 4) is 0 Å². The summed E-state index contributed by atoms with van der Waals surface area (Å²) in [6, 6.07) is 6.56. The van der Waals surface area contributed by atoms with Crippen molar-refractivity contribution in [2.75, 3.05) is 5.32 Å². The summed E-state index contributed by atoms with van der Waals surface area (Å²) in [6.07, 6.45) is 8.38. The van der Waals surface area contributed by atoms with Crippen LogP contribution in [-0.4, -0.2) is 33.2 Å². The van der Waals surface area contributed by atoms with Gasteiger partial charge in [-0.05, 0) is 25.0 Å². The molecule has 2 amide bonds. The van der Waals surface area contributed by atoms with E-state index in [-0.39, 0.29) is 11.8 Å². The molecule has 0 unspecified atom stereocenters. The van der Waals surface area contributed by atoms with Crippen LogP contribution in [0.5, 0.6) is 0 Å². The highest BCUT2D eigenvalue weighted by Crippen LogP contribution is 2.17. The standard InChI is InChI=1S/C19H22N4O3/c1-23-11-10-20-17(23)16(24)13-6-5-9-15(12-13)22-19(26)18(25)21-14-7-3-2-4-8-14/h5-6,9-12,14H,2-4,7-8H2,1H3,(H,21,25)(H,22,26). The third-order valence-electron chi connectivity index (χ3n) is 4.55. The lowest BCUT2D eigenvalue weighted by molar-refractivity contribution is -0.136. The topological polar surface area (TPSA) is 93.1 Å². The molecular formula is C19H22N4O3. The van der Waals surface area contributed by atoms with Gasteiger partial charge in [-0.2, -0.15) is 0 Å². The Hall–Kier alpha value is -2.96. The van der Waals surface area contributed by atoms with Crippen molar-refractivity contribution in [3.05, 3.63) is 48.0 Å². The summed E-state index contributed by atoms with van der Waals surface area (Å²) in [5.41, 5.74) is 0.790. The average Bonchev–Trinajstić information content (AvgIpc) is 3.08. The molecule has 1 aliphatic carbocycles. The minimum absolute atomic E-state index is 0.0679. The van der Waals surface area contributed by atoms with Crippen LogP contribution in [0.2, 0.25) is 0 Å². The van der Waals surface area contributed by atoms with Gasteiger partial charge in [0, 0.05) is 36.7 Å². The summed E-state index contributed by atoms with van der Waals surface area (Å²) in [4.78, 5) is 40.7. The Bertz CT molecular complexity index is 822. The second-order valence-corrected chi connectivity index (χ2v) is 6.53. The van der Waals surface area contributed by atoms with Crippen molar-refractivity contribution in [3.63, 3.8) is 0 Å². The highest BCUT2D eigenvalue weighted by molar-refractivity contribution is 6.39. The Kier molecular flexibility index (Phi) is 5.46. The molecular weight excluding hydrogens is 332 g/mol. The van der Waals surface area contributed by atoms with Gasteiger partial charge in [0.1, 0.15) is 0 Å². The highest BCUT2D eigenvalue weighted by atomic mass is 16.2. The molecule has 1 aromatic carbocycles. The Morgan fingerprint density at radius 2 is 1.88 bits per heavy atom. The summed E-state index contributed by atoms with van der Waals surface area (Å²) < 4.78 is 1.63. The van der Waals surface area contributed by atoms with Crippen LogP contribution < -0.4 is 10.6 Å². The summed E-state index contributed by atoms with van der Waals surface area (Å²) in [5, 5.41) is 5.33. The smallest absolute Gasteiger partial charge is 0.313 e. The third-order valence-corrected chi connectivity index (χ3v) is 4.55. The van der Waals surface area contributed by atoms with Gasteiger partial charge in [0.25, 0.3) is 0 Å². The minimum Gasteiger partial charge on any atom is -0.345 e. The van der Waals surface area contributed by atoms with E-state index in [0.29, 0.717) is 17.1 Å². The lowest BCUT2D eigenvalue weighted by atomic mass is 9.95. The zero-order chi connectivity index (χ0) is 18.5. The molecule has 1 saturated carbocycles. The Morgan fingerprint density at radius 3 is 2.58 bits per heavy atom. The third kappa shape index (κ3) is 4.17. The molecule has 0 saturated heterocycles. The number of anilines is 1. The molecule has 1 aliphatic rings. The number of aromatic nitrogens is 2. The molecule has 0 bridgehead atoms. The van der Waals surface area contributed by atoms with Crippen LogP contribution in [0, 0.1) is 0 Å². The van der Waals surface area contributed by atoms with Crippen LogP contribution in [0.3, 0.4) is 0 Å². The molecule has 26 heavy (non-hydrogen) atoms. The first-order valence-electron chi connectivity index (χ1n) is 8.78. The van der Waals surface area contributed by atoms with E-state index in [9.17, 15) is 14.4 Å². The van der Waals surface area contributed by atoms with Crippen LogP contribution in [0.1, 0.15) is 48.3 Å². The SMILES string of the molecule is Cn1ccnc1C(=O)c1cccc(NC(=O)C(=O)NC2CCCCC2)c1. The molecule has 0 radical (unpaired) electrons. The maximum atomic E-state index is 12.5. The first-order chi connectivity index (χ1) is 12.5. The molecule has 0 aliphatic heterocycles. The maximum Gasteiger partial charge on any atom is 0.313 e. The average molecular weight is 354 g/mol. The van der Waals surface area contributed by atoms with Crippen molar-refractivity contribution in [1.29, 1.82) is 0 Å². The van der Waals surface area contributed by atoms with E-state index >= 15 is 0 Å². The Balaban J connectivity index is 1.64. The van der Waals surface area contributed by atoms with Gasteiger partial charge in [0.2, 0.25) is 5.78 Å². The molecule has 1 heterocycles. The lowest BCUT2D eigenvalue weighted by Crippen LogP contribution is -2.42. The van der Waals surface area contributed by atoms with E-state index < -0.39 is 11.8 Å². The number of benzene rings is 1. The fraction of sp³-hybridized carbons (Fsp3) is 0.368. The quantitative estimate of drug-likeness (QED) is 0.649. The molecule has 2 N–H and O–H groups in total. The van der Waals surface area contributed by atoms with E-state index in [2.05, 4.69) is 15.6 Å². The van der Waals surface area contributed by atoms with E-state index in [1.165, 1.54) is 6.42 Å². The molecule has 136 valence electrons. The Labute approximate surface area is 151 Å². The van der Waals surface area contributed by atoms with Crippen molar-refractivity contribution >= 4 is 23.3 Å². The second kappa shape index (κ2) is 7.95. The number of amides is 2. The van der Waals surface area contributed by atoms with Gasteiger partial charge in [-0.3, -0.25) is 14.4 Å². The predicted octanol–water partition coefficient (Wildman–Crippen LogP) is 2.04. The zero-order valence-corrected chi connectivity index (χ0v) is 14.7. The number of carbonyl (C=O) groups is 3. The molecule has 3 rings (SSSR count). The van der Waals surface area contributed by atoms with Gasteiger partial charge >= 0.3 is 11.8 Å². The normalized spacial score (nSPS) is 14.7. The summed E-state index contributed by atoms with van der Waals surface area (Å²) in [6.45, 7) is 0. The van der Waals surface area contributed by atoms with Gasteiger partial charge in [0.15, 0.2) is 5.82 Å². The number of hydrogen-bond donors (Lipinski definition) is 2. The largest absolute Gasteiger partial charge is 0.345 e. The van der Waals surface area contributed by atoms with E-state index in [0.717, 1.165) is 25.7 Å². The fourth-order valence-corrected chi connectivity index (χ4v) is 3.14. The molecule has 7 nitrogen and oxygen atoms in total. The van der Waals surface area contributed by atoms with Crippen molar-refractivity contribution in [2.45, 2.75) is 38.1 Å². The number of rotatable bonds is 4. The molecule has 1 fully saturated rings. The highest BCUT2D eigenvalue weighted by Gasteiger charge is 2.21. The summed E-state index contributed by atoms with van der Waals surface area (Å²) >= 11 is 0. The predicted molar refractivity (Wildman–Crippen MR) is 96.7 cm³/mol. The number of nitrogens with zero attached hydrogens (tertiary/aromatic N) is 2. The van der Waals surface area contributed by atoms with Crippen LogP contribution in [0.4, 0.5) is 5.69 Å². The molecule has 0 spiro atoms. The van der Waals surface area contributed by atoms with E-state index in [1.54, 1.807) is 48.3 Å². The van der Waals surface area contributed by atoms with Crippen LogP contribution in [0.15, 0.2) is 36.7 Å². The molecule has 1 aromatic heterocycles. The second-order valence-electron chi connectivity index (χ2n) is 6.53. The number of ketones is 1. The monoisotopic (exact) mass is 354 g/mol. The first-order valence-corrected chi connectivity index (χ1v) is 8.78. The number of aryl methyl sites for hydroxylation is 1.